The third-order valence-corrected chi connectivity index (χ3v) is 4.70. The molecule has 0 unspecified atom stereocenters. The summed E-state index contributed by atoms with van der Waals surface area (Å²) in [5.41, 5.74) is 2.77. The Labute approximate surface area is 125 Å². The summed E-state index contributed by atoms with van der Waals surface area (Å²) < 4.78 is 5.58. The molecule has 3 nitrogen and oxygen atoms in total. The topological polar surface area (TPSA) is 57.2 Å². The van der Waals surface area contributed by atoms with Crippen LogP contribution >= 0.6 is 0 Å². The number of phenols is 1. The standard InChI is InChI=1S/C18H23NO2/c1-2-14-11-15-16(20)9-13(10-17(15)21-18(14)19)8-7-12-5-3-4-6-12/h9-12,19-20H,2-8H2,1H3. The first-order valence-corrected chi connectivity index (χ1v) is 8.00. The Hall–Kier alpha value is -1.77. The van der Waals surface area contributed by atoms with E-state index >= 15 is 0 Å². The van der Waals surface area contributed by atoms with E-state index in [9.17, 15) is 5.11 Å². The highest BCUT2D eigenvalue weighted by Crippen LogP contribution is 2.31. The molecule has 21 heavy (non-hydrogen) atoms. The number of hydrogen-bond donors (Lipinski definition) is 2. The van der Waals surface area contributed by atoms with Gasteiger partial charge in [0.1, 0.15) is 11.3 Å². The van der Waals surface area contributed by atoms with Crippen molar-refractivity contribution in [3.05, 3.63) is 34.9 Å². The number of nitrogens with one attached hydrogen (secondary N) is 1. The Morgan fingerprint density at radius 2 is 2.00 bits per heavy atom. The zero-order valence-electron chi connectivity index (χ0n) is 12.6. The quantitative estimate of drug-likeness (QED) is 0.879. The summed E-state index contributed by atoms with van der Waals surface area (Å²) in [6.07, 6.45) is 8.33. The summed E-state index contributed by atoms with van der Waals surface area (Å²) in [4.78, 5) is 0. The molecule has 1 fully saturated rings. The number of rotatable bonds is 4. The van der Waals surface area contributed by atoms with Gasteiger partial charge in [-0.25, -0.2) is 0 Å². The lowest BCUT2D eigenvalue weighted by atomic mass is 9.97. The normalized spacial score (nSPS) is 15.9. The molecule has 1 aromatic carbocycles. The predicted octanol–water partition coefficient (Wildman–Crippen LogP) is 4.30. The van der Waals surface area contributed by atoms with Gasteiger partial charge in [-0.1, -0.05) is 32.6 Å². The van der Waals surface area contributed by atoms with Crippen molar-refractivity contribution in [1.82, 2.24) is 0 Å². The largest absolute Gasteiger partial charge is 0.507 e. The molecule has 3 heteroatoms. The van der Waals surface area contributed by atoms with E-state index in [2.05, 4.69) is 0 Å². The predicted molar refractivity (Wildman–Crippen MR) is 83.4 cm³/mol. The molecular weight excluding hydrogens is 262 g/mol. The van der Waals surface area contributed by atoms with Crippen molar-refractivity contribution in [2.45, 2.75) is 51.9 Å². The molecule has 3 rings (SSSR count). The number of hydrogen-bond acceptors (Lipinski definition) is 3. The van der Waals surface area contributed by atoms with E-state index < -0.39 is 0 Å². The highest BCUT2D eigenvalue weighted by molar-refractivity contribution is 5.84. The molecule has 1 aromatic heterocycles. The summed E-state index contributed by atoms with van der Waals surface area (Å²) in [7, 11) is 0. The first-order valence-electron chi connectivity index (χ1n) is 8.00. The molecule has 2 N–H and O–H groups in total. The lowest BCUT2D eigenvalue weighted by molar-refractivity contribution is 0.473. The van der Waals surface area contributed by atoms with Crippen LogP contribution in [0.1, 0.15) is 50.2 Å². The molecule has 0 aliphatic heterocycles. The minimum atomic E-state index is 0.206. The highest BCUT2D eigenvalue weighted by atomic mass is 16.3. The van der Waals surface area contributed by atoms with Crippen LogP contribution in [0.3, 0.4) is 0 Å². The first-order chi connectivity index (χ1) is 10.2. The monoisotopic (exact) mass is 285 g/mol. The molecule has 1 saturated carbocycles. The van der Waals surface area contributed by atoms with Crippen LogP contribution in [0, 0.1) is 11.3 Å². The smallest absolute Gasteiger partial charge is 0.215 e. The summed E-state index contributed by atoms with van der Waals surface area (Å²) in [6.45, 7) is 1.99. The van der Waals surface area contributed by atoms with Gasteiger partial charge >= 0.3 is 0 Å². The zero-order valence-corrected chi connectivity index (χ0v) is 12.6. The van der Waals surface area contributed by atoms with Crippen LogP contribution in [0.2, 0.25) is 0 Å². The van der Waals surface area contributed by atoms with Gasteiger partial charge in [0, 0.05) is 5.56 Å². The molecule has 0 spiro atoms. The molecule has 0 bridgehead atoms. The van der Waals surface area contributed by atoms with Crippen LogP contribution in [0.4, 0.5) is 0 Å². The van der Waals surface area contributed by atoms with Gasteiger partial charge in [-0.15, -0.1) is 0 Å². The van der Waals surface area contributed by atoms with E-state index in [1.165, 1.54) is 32.1 Å². The van der Waals surface area contributed by atoms with Crippen LogP contribution in [0.5, 0.6) is 5.75 Å². The van der Waals surface area contributed by atoms with Crippen molar-refractivity contribution in [1.29, 1.82) is 5.41 Å². The van der Waals surface area contributed by atoms with Crippen LogP contribution < -0.4 is 5.55 Å². The maximum atomic E-state index is 10.2. The van der Waals surface area contributed by atoms with Crippen molar-refractivity contribution in [3.8, 4) is 5.75 Å². The van der Waals surface area contributed by atoms with Crippen molar-refractivity contribution in [2.24, 2.45) is 5.92 Å². The van der Waals surface area contributed by atoms with Gasteiger partial charge in [0.25, 0.3) is 0 Å². The lowest BCUT2D eigenvalue weighted by Gasteiger charge is -2.10. The zero-order chi connectivity index (χ0) is 14.8. The molecule has 1 aliphatic carbocycles. The number of aromatic hydroxyl groups is 1. The summed E-state index contributed by atoms with van der Waals surface area (Å²) in [5, 5.41) is 18.8. The Morgan fingerprint density at radius 3 is 2.71 bits per heavy atom. The fraction of sp³-hybridized carbons (Fsp3) is 0.500. The lowest BCUT2D eigenvalue weighted by Crippen LogP contribution is -2.06. The number of aryl methyl sites for hydroxylation is 2. The van der Waals surface area contributed by atoms with Crippen LogP contribution in [-0.2, 0) is 12.8 Å². The molecule has 112 valence electrons. The molecule has 1 aliphatic rings. The van der Waals surface area contributed by atoms with Crippen molar-refractivity contribution in [3.63, 3.8) is 0 Å². The highest BCUT2D eigenvalue weighted by Gasteiger charge is 2.15. The summed E-state index contributed by atoms with van der Waals surface area (Å²) >= 11 is 0. The SMILES string of the molecule is CCc1cc2c(O)cc(CCC3CCCC3)cc2oc1=N. The summed E-state index contributed by atoms with van der Waals surface area (Å²) in [6, 6.07) is 5.72. The van der Waals surface area contributed by atoms with Crippen molar-refractivity contribution < 1.29 is 9.52 Å². The average molecular weight is 285 g/mol. The maximum Gasteiger partial charge on any atom is 0.215 e. The third-order valence-electron chi connectivity index (χ3n) is 4.70. The van der Waals surface area contributed by atoms with E-state index in [1.54, 1.807) is 0 Å². The van der Waals surface area contributed by atoms with Gasteiger partial charge in [-0.05, 0) is 48.9 Å². The molecule has 1 heterocycles. The minimum absolute atomic E-state index is 0.206. The van der Waals surface area contributed by atoms with Gasteiger partial charge in [0.05, 0.1) is 5.39 Å². The van der Waals surface area contributed by atoms with Gasteiger partial charge in [0.2, 0.25) is 5.55 Å². The van der Waals surface area contributed by atoms with Crippen LogP contribution in [-0.4, -0.2) is 5.11 Å². The number of phenolic OH excluding ortho intramolecular Hbond substituents is 1. The Balaban J connectivity index is 1.89. The molecular formula is C18H23NO2. The van der Waals surface area contributed by atoms with E-state index in [1.807, 2.05) is 25.1 Å². The first kappa shape index (κ1) is 14.2. The van der Waals surface area contributed by atoms with E-state index in [-0.39, 0.29) is 11.3 Å². The van der Waals surface area contributed by atoms with E-state index in [0.717, 1.165) is 29.9 Å². The molecule has 2 aromatic rings. The second-order valence-corrected chi connectivity index (χ2v) is 6.17. The van der Waals surface area contributed by atoms with Crippen molar-refractivity contribution >= 4 is 11.0 Å². The van der Waals surface area contributed by atoms with Crippen LogP contribution in [0.25, 0.3) is 11.0 Å². The van der Waals surface area contributed by atoms with E-state index in [0.29, 0.717) is 11.0 Å². The summed E-state index contributed by atoms with van der Waals surface area (Å²) in [5.74, 6) is 1.11. The fourth-order valence-electron chi connectivity index (χ4n) is 3.39. The molecule has 0 amide bonds. The second-order valence-electron chi connectivity index (χ2n) is 6.17. The minimum Gasteiger partial charge on any atom is -0.507 e. The Kier molecular flexibility index (Phi) is 4.00. The Bertz CT molecular complexity index is 696. The average Bonchev–Trinajstić information content (AvgIpc) is 2.98. The number of fused-ring (bicyclic) bond motifs is 1. The molecule has 0 atom stereocenters. The maximum absolute atomic E-state index is 10.2. The Morgan fingerprint density at radius 1 is 1.24 bits per heavy atom. The van der Waals surface area contributed by atoms with Crippen LogP contribution in [0.15, 0.2) is 22.6 Å². The van der Waals surface area contributed by atoms with Gasteiger partial charge in [0.15, 0.2) is 0 Å². The van der Waals surface area contributed by atoms with Gasteiger partial charge in [-0.3, -0.25) is 5.41 Å². The molecule has 0 saturated heterocycles. The van der Waals surface area contributed by atoms with E-state index in [4.69, 9.17) is 9.83 Å². The van der Waals surface area contributed by atoms with Gasteiger partial charge in [-0.2, -0.15) is 0 Å². The number of benzene rings is 1. The van der Waals surface area contributed by atoms with Gasteiger partial charge < -0.3 is 9.52 Å². The third kappa shape index (κ3) is 2.97. The van der Waals surface area contributed by atoms with Crippen molar-refractivity contribution in [2.75, 3.05) is 0 Å². The fourth-order valence-corrected chi connectivity index (χ4v) is 3.39. The second kappa shape index (κ2) is 5.92. The molecule has 0 radical (unpaired) electrons.